The zero-order chi connectivity index (χ0) is 24.5. The van der Waals surface area contributed by atoms with Crippen LogP contribution in [0.4, 0.5) is 5.82 Å². The van der Waals surface area contributed by atoms with E-state index in [-0.39, 0.29) is 33.7 Å². The molecule has 0 spiro atoms. The highest BCUT2D eigenvalue weighted by atomic mass is 32.2. The van der Waals surface area contributed by atoms with Crippen LogP contribution in [0.25, 0.3) is 10.8 Å². The number of anilines is 1. The van der Waals surface area contributed by atoms with Crippen molar-refractivity contribution in [3.8, 4) is 23.1 Å². The molecule has 0 amide bonds. The molecule has 0 saturated carbocycles. The van der Waals surface area contributed by atoms with E-state index in [2.05, 4.69) is 5.10 Å². The Morgan fingerprint density at radius 2 is 1.53 bits per heavy atom. The van der Waals surface area contributed by atoms with Gasteiger partial charge in [0.15, 0.2) is 11.5 Å². The van der Waals surface area contributed by atoms with E-state index in [0.29, 0.717) is 9.84 Å². The third-order valence-corrected chi connectivity index (χ3v) is 6.62. The number of fused-ring (bicyclic) bond motifs is 1. The minimum absolute atomic E-state index is 0.0106. The van der Waals surface area contributed by atoms with Gasteiger partial charge in [0.2, 0.25) is 11.6 Å². The van der Waals surface area contributed by atoms with Gasteiger partial charge in [-0.15, -0.1) is 9.19 Å². The van der Waals surface area contributed by atoms with Crippen LogP contribution in [0.1, 0.15) is 10.4 Å². The van der Waals surface area contributed by atoms with E-state index < -0.39 is 16.0 Å². The number of carbonyl (C=O) groups excluding carboxylic acids is 1. The van der Waals surface area contributed by atoms with Crippen LogP contribution >= 0.6 is 0 Å². The highest BCUT2D eigenvalue weighted by Gasteiger charge is 2.24. The summed E-state index contributed by atoms with van der Waals surface area (Å²) in [7, 11) is 0.114. The van der Waals surface area contributed by atoms with Crippen LogP contribution in [-0.2, 0) is 10.0 Å². The standard InChI is InChI=1S/C23H21N3O7S/c1-30-18-11-16(12-19(31-2)22(18)32-3)23(27)33-21-13-20(24)26(25-21)34(28,29)17-9-8-14-6-4-5-7-15(14)10-17/h4-13H,24H2,1-3H3. The third kappa shape index (κ3) is 4.08. The molecular formula is C23H21N3O7S. The van der Waals surface area contributed by atoms with Crippen molar-refractivity contribution in [1.29, 1.82) is 0 Å². The fourth-order valence-corrected chi connectivity index (χ4v) is 4.61. The van der Waals surface area contributed by atoms with Crippen molar-refractivity contribution in [3.05, 3.63) is 66.2 Å². The number of hydrogen-bond acceptors (Lipinski definition) is 9. The molecule has 0 aliphatic carbocycles. The predicted molar refractivity (Wildman–Crippen MR) is 124 cm³/mol. The van der Waals surface area contributed by atoms with Crippen molar-refractivity contribution < 1.29 is 32.2 Å². The molecule has 0 fully saturated rings. The van der Waals surface area contributed by atoms with Gasteiger partial charge in [-0.2, -0.15) is 8.42 Å². The van der Waals surface area contributed by atoms with E-state index in [1.807, 2.05) is 18.2 Å². The number of hydrogen-bond donors (Lipinski definition) is 1. The highest BCUT2D eigenvalue weighted by Crippen LogP contribution is 2.38. The number of nitrogen functional groups attached to an aromatic ring is 1. The second-order valence-electron chi connectivity index (χ2n) is 7.07. The Hall–Kier alpha value is -4.25. The van der Waals surface area contributed by atoms with Gasteiger partial charge in [-0.3, -0.25) is 0 Å². The molecule has 3 aromatic carbocycles. The van der Waals surface area contributed by atoms with E-state index in [1.54, 1.807) is 12.1 Å². The molecule has 0 unspecified atom stereocenters. The number of nitrogens with two attached hydrogens (primary N) is 1. The van der Waals surface area contributed by atoms with Crippen LogP contribution < -0.4 is 24.7 Å². The highest BCUT2D eigenvalue weighted by molar-refractivity contribution is 7.90. The summed E-state index contributed by atoms with van der Waals surface area (Å²) in [5.41, 5.74) is 5.96. The van der Waals surface area contributed by atoms with Crippen molar-refractivity contribution in [2.75, 3.05) is 27.1 Å². The quantitative estimate of drug-likeness (QED) is 0.394. The number of aromatic nitrogens is 2. The molecule has 10 nitrogen and oxygen atoms in total. The van der Waals surface area contributed by atoms with E-state index in [4.69, 9.17) is 24.7 Å². The maximum absolute atomic E-state index is 13.1. The lowest BCUT2D eigenvalue weighted by molar-refractivity contribution is 0.0726. The Labute approximate surface area is 195 Å². The number of methoxy groups -OCH3 is 3. The molecule has 0 radical (unpaired) electrons. The Morgan fingerprint density at radius 3 is 2.15 bits per heavy atom. The topological polar surface area (TPSA) is 132 Å². The first-order valence-corrected chi connectivity index (χ1v) is 11.3. The van der Waals surface area contributed by atoms with E-state index in [9.17, 15) is 13.2 Å². The summed E-state index contributed by atoms with van der Waals surface area (Å²) >= 11 is 0. The van der Waals surface area contributed by atoms with E-state index >= 15 is 0 Å². The van der Waals surface area contributed by atoms with Crippen molar-refractivity contribution >= 4 is 32.6 Å². The van der Waals surface area contributed by atoms with Crippen molar-refractivity contribution in [3.63, 3.8) is 0 Å². The Bertz CT molecular complexity index is 1470. The smallest absolute Gasteiger partial charge is 0.345 e. The molecule has 2 N–H and O–H groups in total. The van der Waals surface area contributed by atoms with Crippen molar-refractivity contribution in [1.82, 2.24) is 9.19 Å². The number of esters is 1. The molecule has 11 heteroatoms. The monoisotopic (exact) mass is 483 g/mol. The molecule has 0 aliphatic rings. The summed E-state index contributed by atoms with van der Waals surface area (Å²) in [6, 6.07) is 15.9. The van der Waals surface area contributed by atoms with Gasteiger partial charge in [-0.05, 0) is 35.0 Å². The molecule has 0 atom stereocenters. The maximum Gasteiger partial charge on any atom is 0.345 e. The minimum atomic E-state index is -4.14. The van der Waals surface area contributed by atoms with Crippen LogP contribution in [0.5, 0.6) is 23.1 Å². The number of benzene rings is 3. The van der Waals surface area contributed by atoms with Gasteiger partial charge >= 0.3 is 5.97 Å². The lowest BCUT2D eigenvalue weighted by Gasteiger charge is -2.13. The van der Waals surface area contributed by atoms with Gasteiger partial charge in [-0.1, -0.05) is 30.3 Å². The van der Waals surface area contributed by atoms with Crippen molar-refractivity contribution in [2.24, 2.45) is 0 Å². The summed E-state index contributed by atoms with van der Waals surface area (Å²) in [6.45, 7) is 0. The number of ether oxygens (including phenoxy) is 4. The van der Waals surface area contributed by atoms with Crippen LogP contribution in [0.3, 0.4) is 0 Å². The zero-order valence-electron chi connectivity index (χ0n) is 18.5. The molecule has 176 valence electrons. The summed E-state index contributed by atoms with van der Waals surface area (Å²) in [4.78, 5) is 12.7. The molecule has 4 aromatic rings. The Morgan fingerprint density at radius 1 is 0.882 bits per heavy atom. The lowest BCUT2D eigenvalue weighted by atomic mass is 10.1. The molecule has 1 aromatic heterocycles. The molecule has 34 heavy (non-hydrogen) atoms. The predicted octanol–water partition coefficient (Wildman–Crippen LogP) is 3.10. The van der Waals surface area contributed by atoms with E-state index in [0.717, 1.165) is 16.8 Å². The molecule has 0 bridgehead atoms. The molecule has 4 rings (SSSR count). The summed E-state index contributed by atoms with van der Waals surface area (Å²) in [5.74, 6) is -0.541. The van der Waals surface area contributed by atoms with Gasteiger partial charge in [0.1, 0.15) is 5.82 Å². The van der Waals surface area contributed by atoms with Crippen LogP contribution in [0.15, 0.2) is 65.6 Å². The minimum Gasteiger partial charge on any atom is -0.493 e. The van der Waals surface area contributed by atoms with Gasteiger partial charge in [0.25, 0.3) is 10.0 Å². The molecule has 1 heterocycles. The summed E-state index contributed by atoms with van der Waals surface area (Å²) in [6.07, 6.45) is 0. The summed E-state index contributed by atoms with van der Waals surface area (Å²) in [5, 5.41) is 5.52. The van der Waals surface area contributed by atoms with Gasteiger partial charge < -0.3 is 24.7 Å². The number of rotatable bonds is 7. The maximum atomic E-state index is 13.1. The second kappa shape index (κ2) is 8.94. The average molecular weight is 484 g/mol. The fraction of sp³-hybridized carbons (Fsp3) is 0.130. The largest absolute Gasteiger partial charge is 0.493 e. The SMILES string of the molecule is COc1cc(C(=O)Oc2cc(N)n(S(=O)(=O)c3ccc4ccccc4c3)n2)cc(OC)c1OC. The Kier molecular flexibility index (Phi) is 6.03. The van der Waals surface area contributed by atoms with E-state index in [1.165, 1.54) is 45.6 Å². The normalized spacial score (nSPS) is 11.3. The fourth-order valence-electron chi connectivity index (χ4n) is 3.38. The lowest BCUT2D eigenvalue weighted by Crippen LogP contribution is -2.17. The first-order chi connectivity index (χ1) is 16.3. The average Bonchev–Trinajstić information content (AvgIpc) is 3.23. The van der Waals surface area contributed by atoms with Crippen LogP contribution in [0, 0.1) is 0 Å². The third-order valence-electron chi connectivity index (χ3n) is 5.03. The number of carbonyl (C=O) groups is 1. The second-order valence-corrected chi connectivity index (χ2v) is 8.84. The summed E-state index contributed by atoms with van der Waals surface area (Å²) < 4.78 is 47.9. The van der Waals surface area contributed by atoms with Crippen LogP contribution in [0.2, 0.25) is 0 Å². The first kappa shape index (κ1) is 22.9. The zero-order valence-corrected chi connectivity index (χ0v) is 19.3. The van der Waals surface area contributed by atoms with Gasteiger partial charge in [0, 0.05) is 6.07 Å². The van der Waals surface area contributed by atoms with Crippen LogP contribution in [-0.4, -0.2) is 44.9 Å². The molecule has 0 saturated heterocycles. The molecule has 0 aliphatic heterocycles. The van der Waals surface area contributed by atoms with Crippen molar-refractivity contribution in [2.45, 2.75) is 4.90 Å². The first-order valence-electron chi connectivity index (χ1n) is 9.90. The van der Waals surface area contributed by atoms with Gasteiger partial charge in [0.05, 0.1) is 31.8 Å². The number of nitrogens with zero attached hydrogens (tertiary/aromatic N) is 2. The van der Waals surface area contributed by atoms with Gasteiger partial charge in [-0.25, -0.2) is 4.79 Å². The molecular weight excluding hydrogens is 462 g/mol. The Balaban J connectivity index is 1.65.